The van der Waals surface area contributed by atoms with E-state index in [0.29, 0.717) is 44.7 Å². The highest BCUT2D eigenvalue weighted by atomic mass is 35.5. The Kier molecular flexibility index (Phi) is 7.43. The average molecular weight is 509 g/mol. The van der Waals surface area contributed by atoms with E-state index in [1.54, 1.807) is 76.2 Å². The van der Waals surface area contributed by atoms with Crippen LogP contribution < -0.4 is 10.9 Å². The van der Waals surface area contributed by atoms with Crippen LogP contribution in [0.25, 0.3) is 16.6 Å². The van der Waals surface area contributed by atoms with E-state index in [0.717, 1.165) is 0 Å². The molecule has 3 aromatic carbocycles. The number of urea groups is 1. The van der Waals surface area contributed by atoms with Crippen LogP contribution in [0.4, 0.5) is 10.5 Å². The molecule has 1 heterocycles. The maximum atomic E-state index is 13.7. The van der Waals surface area contributed by atoms with E-state index in [1.807, 2.05) is 26.8 Å². The molecule has 0 spiro atoms. The monoisotopic (exact) mass is 508 g/mol. The number of anilines is 1. The van der Waals surface area contributed by atoms with Crippen LogP contribution in [0.3, 0.4) is 0 Å². The number of benzene rings is 3. The quantitative estimate of drug-likeness (QED) is 0.306. The number of nitrogens with one attached hydrogen (secondary N) is 1. The van der Waals surface area contributed by atoms with Gasteiger partial charge in [0.2, 0.25) is 0 Å². The smallest absolute Gasteiger partial charge is 0.314 e. The molecule has 0 aliphatic carbocycles. The minimum atomic E-state index is -0.534. The van der Waals surface area contributed by atoms with Gasteiger partial charge in [0.1, 0.15) is 5.82 Å². The summed E-state index contributed by atoms with van der Waals surface area (Å²) >= 11 is 12.4. The van der Waals surface area contributed by atoms with Crippen LogP contribution in [-0.4, -0.2) is 27.0 Å². The molecule has 1 atom stereocenters. The van der Waals surface area contributed by atoms with Crippen LogP contribution in [0.2, 0.25) is 10.0 Å². The molecule has 1 aromatic heterocycles. The summed E-state index contributed by atoms with van der Waals surface area (Å²) in [4.78, 5) is 33.6. The molecule has 180 valence electrons. The molecule has 0 fully saturated rings. The van der Waals surface area contributed by atoms with Gasteiger partial charge in [0, 0.05) is 22.3 Å². The van der Waals surface area contributed by atoms with E-state index in [2.05, 4.69) is 5.32 Å². The zero-order chi connectivity index (χ0) is 25.1. The first-order valence-electron chi connectivity index (χ1n) is 11.4. The molecule has 1 unspecified atom stereocenters. The van der Waals surface area contributed by atoms with Crippen LogP contribution >= 0.6 is 23.2 Å². The molecule has 0 saturated heterocycles. The molecule has 35 heavy (non-hydrogen) atoms. The van der Waals surface area contributed by atoms with Crippen molar-refractivity contribution in [3.63, 3.8) is 0 Å². The lowest BCUT2D eigenvalue weighted by atomic mass is 10.1. The Hall–Kier alpha value is -3.35. The van der Waals surface area contributed by atoms with Gasteiger partial charge in [-0.2, -0.15) is 0 Å². The van der Waals surface area contributed by atoms with Crippen LogP contribution in [0.5, 0.6) is 0 Å². The number of hydrogen-bond donors (Lipinski definition) is 1. The Bertz CT molecular complexity index is 1430. The molecule has 0 bridgehead atoms. The second-order valence-corrected chi connectivity index (χ2v) is 9.64. The standard InChI is InChI=1S/C27H26Cl2N4O2/c1-17(2)16-32(27(35)30-21-10-6-8-19(28)14-21)18(3)25-31-24-13-5-4-12-23(24)26(34)33(25)22-11-7-9-20(29)15-22/h4-15,17-18H,16H2,1-3H3,(H,30,35). The maximum absolute atomic E-state index is 13.7. The van der Waals surface area contributed by atoms with Crippen LogP contribution in [0, 0.1) is 5.92 Å². The summed E-state index contributed by atoms with van der Waals surface area (Å²) in [6.45, 7) is 6.39. The highest BCUT2D eigenvalue weighted by molar-refractivity contribution is 6.31. The number of carbonyl (C=O) groups is 1. The largest absolute Gasteiger partial charge is 0.322 e. The Balaban J connectivity index is 1.85. The van der Waals surface area contributed by atoms with Crippen LogP contribution in [0.15, 0.2) is 77.6 Å². The molecule has 8 heteroatoms. The zero-order valence-electron chi connectivity index (χ0n) is 19.7. The van der Waals surface area contributed by atoms with Gasteiger partial charge in [0.15, 0.2) is 0 Å². The highest BCUT2D eigenvalue weighted by Gasteiger charge is 2.27. The first kappa shape index (κ1) is 24.8. The Labute approximate surface area is 214 Å². The van der Waals surface area contributed by atoms with Crippen molar-refractivity contribution in [1.29, 1.82) is 0 Å². The van der Waals surface area contributed by atoms with Gasteiger partial charge in [0.25, 0.3) is 5.56 Å². The third-order valence-corrected chi connectivity index (χ3v) is 6.08. The lowest BCUT2D eigenvalue weighted by Crippen LogP contribution is -2.41. The summed E-state index contributed by atoms with van der Waals surface area (Å²) in [5.41, 5.74) is 1.52. The van der Waals surface area contributed by atoms with E-state index < -0.39 is 6.04 Å². The third kappa shape index (κ3) is 5.50. The molecule has 0 radical (unpaired) electrons. The molecule has 4 rings (SSSR count). The van der Waals surface area contributed by atoms with Crippen molar-refractivity contribution >= 4 is 45.8 Å². The van der Waals surface area contributed by atoms with Crippen molar-refractivity contribution in [2.24, 2.45) is 5.92 Å². The summed E-state index contributed by atoms with van der Waals surface area (Å²) in [5, 5.41) is 4.44. The molecular weight excluding hydrogens is 483 g/mol. The van der Waals surface area contributed by atoms with Gasteiger partial charge >= 0.3 is 6.03 Å². The van der Waals surface area contributed by atoms with Crippen molar-refractivity contribution in [3.05, 3.63) is 99.0 Å². The minimum Gasteiger partial charge on any atom is -0.314 e. The fourth-order valence-electron chi connectivity index (χ4n) is 4.01. The number of rotatable bonds is 6. The molecule has 0 aliphatic rings. The number of halogens is 2. The molecule has 0 saturated carbocycles. The number of carbonyl (C=O) groups excluding carboxylic acids is 1. The van der Waals surface area contributed by atoms with Gasteiger partial charge in [-0.1, -0.05) is 61.3 Å². The fraction of sp³-hybridized carbons (Fsp3) is 0.222. The van der Waals surface area contributed by atoms with Crippen molar-refractivity contribution in [2.45, 2.75) is 26.8 Å². The van der Waals surface area contributed by atoms with Crippen molar-refractivity contribution in [2.75, 3.05) is 11.9 Å². The zero-order valence-corrected chi connectivity index (χ0v) is 21.2. The molecule has 0 aliphatic heterocycles. The van der Waals surface area contributed by atoms with Gasteiger partial charge in [-0.05, 0) is 61.4 Å². The predicted octanol–water partition coefficient (Wildman–Crippen LogP) is 6.94. The second kappa shape index (κ2) is 10.5. The van der Waals surface area contributed by atoms with Crippen molar-refractivity contribution < 1.29 is 4.79 Å². The van der Waals surface area contributed by atoms with E-state index in [4.69, 9.17) is 28.2 Å². The highest BCUT2D eigenvalue weighted by Crippen LogP contribution is 2.26. The summed E-state index contributed by atoms with van der Waals surface area (Å²) in [5.74, 6) is 0.618. The van der Waals surface area contributed by atoms with Crippen LogP contribution in [0.1, 0.15) is 32.6 Å². The van der Waals surface area contributed by atoms with E-state index in [-0.39, 0.29) is 17.5 Å². The van der Waals surface area contributed by atoms with E-state index in [1.165, 1.54) is 0 Å². The number of aromatic nitrogens is 2. The SMILES string of the molecule is CC(C)CN(C(=O)Nc1cccc(Cl)c1)C(C)c1nc2ccccc2c(=O)n1-c1cccc(Cl)c1. The number of amides is 2. The summed E-state index contributed by atoms with van der Waals surface area (Å²) in [6.07, 6.45) is 0. The average Bonchev–Trinajstić information content (AvgIpc) is 2.82. The maximum Gasteiger partial charge on any atom is 0.322 e. The number of fused-ring (bicyclic) bond motifs is 1. The summed E-state index contributed by atoms with van der Waals surface area (Å²) in [6, 6.07) is 20.4. The van der Waals surface area contributed by atoms with Gasteiger partial charge in [-0.3, -0.25) is 9.36 Å². The number of para-hydroxylation sites is 1. The van der Waals surface area contributed by atoms with Gasteiger partial charge in [-0.25, -0.2) is 9.78 Å². The lowest BCUT2D eigenvalue weighted by Gasteiger charge is -2.32. The topological polar surface area (TPSA) is 67.2 Å². The van der Waals surface area contributed by atoms with Crippen molar-refractivity contribution in [3.8, 4) is 5.69 Å². The number of nitrogens with zero attached hydrogens (tertiary/aromatic N) is 3. The van der Waals surface area contributed by atoms with Gasteiger partial charge < -0.3 is 10.2 Å². The Morgan fingerprint density at radius 3 is 2.34 bits per heavy atom. The second-order valence-electron chi connectivity index (χ2n) is 8.77. The van der Waals surface area contributed by atoms with Gasteiger partial charge in [-0.15, -0.1) is 0 Å². The van der Waals surface area contributed by atoms with E-state index in [9.17, 15) is 9.59 Å². The molecular formula is C27H26Cl2N4O2. The normalized spacial score (nSPS) is 12.1. The molecule has 4 aromatic rings. The Morgan fingerprint density at radius 1 is 0.971 bits per heavy atom. The van der Waals surface area contributed by atoms with Crippen molar-refractivity contribution in [1.82, 2.24) is 14.5 Å². The molecule has 6 nitrogen and oxygen atoms in total. The first-order valence-corrected chi connectivity index (χ1v) is 12.1. The first-order chi connectivity index (χ1) is 16.7. The summed E-state index contributed by atoms with van der Waals surface area (Å²) in [7, 11) is 0. The molecule has 2 amide bonds. The summed E-state index contributed by atoms with van der Waals surface area (Å²) < 4.78 is 1.54. The lowest BCUT2D eigenvalue weighted by molar-refractivity contribution is 0.179. The van der Waals surface area contributed by atoms with E-state index >= 15 is 0 Å². The fourth-order valence-corrected chi connectivity index (χ4v) is 4.38. The minimum absolute atomic E-state index is 0.175. The predicted molar refractivity (Wildman–Crippen MR) is 143 cm³/mol. The third-order valence-electron chi connectivity index (χ3n) is 5.61. The van der Waals surface area contributed by atoms with Crippen LogP contribution in [-0.2, 0) is 0 Å². The number of hydrogen-bond acceptors (Lipinski definition) is 3. The Morgan fingerprint density at radius 2 is 1.66 bits per heavy atom. The molecule has 1 N–H and O–H groups in total. The van der Waals surface area contributed by atoms with Gasteiger partial charge in [0.05, 0.1) is 22.6 Å².